The summed E-state index contributed by atoms with van der Waals surface area (Å²) in [4.78, 5) is 0. The van der Waals surface area contributed by atoms with E-state index in [-0.39, 0.29) is 14.9 Å². The standard InChI is InChI=1S/C12H15N3.C2H6.2CH4/c1-9(2)13-12-8-11(14-15-12)10-6-4-3-5-7-10;1-2;;/h3-9H,1-2H3,(H2,13,14,15);1-2H3;2*1H4. The minimum Gasteiger partial charge on any atom is -0.366 e. The molecule has 0 saturated heterocycles. The first-order valence-electron chi connectivity index (χ1n) is 6.13. The van der Waals surface area contributed by atoms with E-state index in [0.717, 1.165) is 17.1 Å². The summed E-state index contributed by atoms with van der Waals surface area (Å²) in [5.41, 5.74) is 2.19. The van der Waals surface area contributed by atoms with Crippen molar-refractivity contribution in [1.29, 1.82) is 0 Å². The number of hydrogen-bond acceptors (Lipinski definition) is 2. The SMILES string of the molecule is C.C.CC.CC(C)Nc1cc(-c2ccccc2)[nH]n1. The molecule has 1 aromatic carbocycles. The molecule has 0 amide bonds. The van der Waals surface area contributed by atoms with Crippen molar-refractivity contribution < 1.29 is 0 Å². The Morgan fingerprint density at radius 2 is 1.63 bits per heavy atom. The monoisotopic (exact) mass is 263 g/mol. The third-order valence-electron chi connectivity index (χ3n) is 2.10. The van der Waals surface area contributed by atoms with Gasteiger partial charge in [0.15, 0.2) is 0 Å². The Morgan fingerprint density at radius 1 is 1.05 bits per heavy atom. The fraction of sp³-hybridized carbons (Fsp3) is 0.438. The van der Waals surface area contributed by atoms with Crippen LogP contribution in [-0.4, -0.2) is 16.2 Å². The van der Waals surface area contributed by atoms with E-state index in [2.05, 4.69) is 41.5 Å². The minimum absolute atomic E-state index is 0. The predicted octanol–water partition coefficient (Wildman–Crippen LogP) is 5.20. The molecule has 0 atom stereocenters. The number of nitrogens with zero attached hydrogens (tertiary/aromatic N) is 1. The van der Waals surface area contributed by atoms with Crippen LogP contribution in [0.15, 0.2) is 36.4 Å². The molecule has 3 nitrogen and oxygen atoms in total. The Labute approximate surface area is 118 Å². The second-order valence-corrected chi connectivity index (χ2v) is 3.83. The minimum atomic E-state index is 0. The van der Waals surface area contributed by atoms with E-state index in [1.54, 1.807) is 0 Å². The van der Waals surface area contributed by atoms with E-state index < -0.39 is 0 Å². The zero-order valence-electron chi connectivity index (χ0n) is 11.0. The van der Waals surface area contributed by atoms with Gasteiger partial charge in [-0.3, -0.25) is 5.10 Å². The van der Waals surface area contributed by atoms with E-state index in [0.29, 0.717) is 6.04 Å². The van der Waals surface area contributed by atoms with Crippen molar-refractivity contribution in [3.63, 3.8) is 0 Å². The molecule has 2 rings (SSSR count). The highest BCUT2D eigenvalue weighted by Gasteiger charge is 2.03. The summed E-state index contributed by atoms with van der Waals surface area (Å²) in [6.45, 7) is 8.19. The van der Waals surface area contributed by atoms with E-state index in [1.807, 2.05) is 38.1 Å². The molecule has 0 saturated carbocycles. The Hall–Kier alpha value is -1.77. The number of aromatic amines is 1. The summed E-state index contributed by atoms with van der Waals surface area (Å²) in [7, 11) is 0. The van der Waals surface area contributed by atoms with Crippen molar-refractivity contribution in [2.75, 3.05) is 5.32 Å². The normalized spacial score (nSPS) is 8.68. The van der Waals surface area contributed by atoms with Crippen LogP contribution < -0.4 is 5.32 Å². The lowest BCUT2D eigenvalue weighted by molar-refractivity contribution is 0.884. The van der Waals surface area contributed by atoms with Gasteiger partial charge in [-0.1, -0.05) is 59.0 Å². The van der Waals surface area contributed by atoms with Crippen molar-refractivity contribution in [3.05, 3.63) is 36.4 Å². The maximum Gasteiger partial charge on any atom is 0.148 e. The first-order valence-corrected chi connectivity index (χ1v) is 6.13. The predicted molar refractivity (Wildman–Crippen MR) is 87.6 cm³/mol. The first-order chi connectivity index (χ1) is 8.25. The maximum atomic E-state index is 4.20. The van der Waals surface area contributed by atoms with Gasteiger partial charge < -0.3 is 5.32 Å². The van der Waals surface area contributed by atoms with Gasteiger partial charge in [0.1, 0.15) is 5.82 Å². The number of hydrogen-bond donors (Lipinski definition) is 2. The summed E-state index contributed by atoms with van der Waals surface area (Å²) in [6, 6.07) is 12.6. The lowest BCUT2D eigenvalue weighted by Gasteiger charge is -2.04. The average molecular weight is 263 g/mol. The molecule has 0 aliphatic heterocycles. The third-order valence-corrected chi connectivity index (χ3v) is 2.10. The van der Waals surface area contributed by atoms with E-state index in [4.69, 9.17) is 0 Å². The summed E-state index contributed by atoms with van der Waals surface area (Å²) in [5, 5.41) is 10.5. The Morgan fingerprint density at radius 3 is 2.16 bits per heavy atom. The number of rotatable bonds is 3. The van der Waals surface area contributed by atoms with Gasteiger partial charge >= 0.3 is 0 Å². The quantitative estimate of drug-likeness (QED) is 0.799. The summed E-state index contributed by atoms with van der Waals surface area (Å²) >= 11 is 0. The molecular weight excluding hydrogens is 234 g/mol. The number of H-pyrrole nitrogens is 1. The topological polar surface area (TPSA) is 40.7 Å². The van der Waals surface area contributed by atoms with Crippen molar-refractivity contribution in [3.8, 4) is 11.3 Å². The van der Waals surface area contributed by atoms with Crippen molar-refractivity contribution in [2.24, 2.45) is 0 Å². The van der Waals surface area contributed by atoms with Crippen LogP contribution in [0.3, 0.4) is 0 Å². The number of benzene rings is 1. The molecule has 1 heterocycles. The van der Waals surface area contributed by atoms with Crippen LogP contribution in [0.1, 0.15) is 42.5 Å². The molecule has 0 aliphatic rings. The molecule has 0 unspecified atom stereocenters. The molecule has 1 aromatic heterocycles. The van der Waals surface area contributed by atoms with Gasteiger partial charge in [-0.2, -0.15) is 5.10 Å². The van der Waals surface area contributed by atoms with Gasteiger partial charge in [0.25, 0.3) is 0 Å². The van der Waals surface area contributed by atoms with E-state index in [1.165, 1.54) is 0 Å². The van der Waals surface area contributed by atoms with Crippen LogP contribution in [0.5, 0.6) is 0 Å². The molecule has 2 N–H and O–H groups in total. The Balaban J connectivity index is 0. The number of anilines is 1. The largest absolute Gasteiger partial charge is 0.366 e. The van der Waals surface area contributed by atoms with Gasteiger partial charge in [-0.05, 0) is 19.4 Å². The second-order valence-electron chi connectivity index (χ2n) is 3.83. The molecule has 0 fully saturated rings. The molecular formula is C16H29N3. The van der Waals surface area contributed by atoms with Crippen LogP contribution in [-0.2, 0) is 0 Å². The molecule has 0 bridgehead atoms. The van der Waals surface area contributed by atoms with Crippen LogP contribution in [0, 0.1) is 0 Å². The fourth-order valence-electron chi connectivity index (χ4n) is 1.46. The van der Waals surface area contributed by atoms with Gasteiger partial charge in [-0.15, -0.1) is 0 Å². The molecule has 2 aromatic rings. The van der Waals surface area contributed by atoms with Gasteiger partial charge in [0.05, 0.1) is 5.69 Å². The van der Waals surface area contributed by atoms with Gasteiger partial charge in [-0.25, -0.2) is 0 Å². The second kappa shape index (κ2) is 10.2. The van der Waals surface area contributed by atoms with Crippen LogP contribution >= 0.6 is 0 Å². The van der Waals surface area contributed by atoms with E-state index in [9.17, 15) is 0 Å². The highest BCUT2D eigenvalue weighted by molar-refractivity contribution is 5.62. The van der Waals surface area contributed by atoms with Crippen LogP contribution in [0.25, 0.3) is 11.3 Å². The summed E-state index contributed by atoms with van der Waals surface area (Å²) < 4.78 is 0. The highest BCUT2D eigenvalue weighted by atomic mass is 15.2. The summed E-state index contributed by atoms with van der Waals surface area (Å²) in [5.74, 6) is 0.892. The number of aromatic nitrogens is 2. The van der Waals surface area contributed by atoms with Crippen molar-refractivity contribution >= 4 is 5.82 Å². The van der Waals surface area contributed by atoms with Crippen molar-refractivity contribution in [1.82, 2.24) is 10.2 Å². The molecule has 0 aliphatic carbocycles. The van der Waals surface area contributed by atoms with Crippen LogP contribution in [0.2, 0.25) is 0 Å². The summed E-state index contributed by atoms with van der Waals surface area (Å²) in [6.07, 6.45) is 0. The molecule has 0 spiro atoms. The van der Waals surface area contributed by atoms with Gasteiger partial charge in [0, 0.05) is 12.1 Å². The maximum absolute atomic E-state index is 4.20. The Kier molecular flexibility index (Phi) is 10.5. The average Bonchev–Trinajstić information content (AvgIpc) is 2.80. The first kappa shape index (κ1) is 19.6. The highest BCUT2D eigenvalue weighted by Crippen LogP contribution is 2.19. The zero-order chi connectivity index (χ0) is 12.7. The fourth-order valence-corrected chi connectivity index (χ4v) is 1.46. The van der Waals surface area contributed by atoms with Crippen LogP contribution in [0.4, 0.5) is 5.82 Å². The molecule has 0 radical (unpaired) electrons. The number of nitrogens with one attached hydrogen (secondary N) is 2. The lowest BCUT2D eigenvalue weighted by Crippen LogP contribution is -2.09. The Bertz CT molecular complexity index is 419. The zero-order valence-corrected chi connectivity index (χ0v) is 11.0. The molecule has 3 heteroatoms. The molecule has 19 heavy (non-hydrogen) atoms. The van der Waals surface area contributed by atoms with E-state index >= 15 is 0 Å². The smallest absolute Gasteiger partial charge is 0.148 e. The lowest BCUT2D eigenvalue weighted by atomic mass is 10.1. The van der Waals surface area contributed by atoms with Crippen molar-refractivity contribution in [2.45, 2.75) is 48.6 Å². The van der Waals surface area contributed by atoms with Gasteiger partial charge in [0.2, 0.25) is 0 Å². The molecule has 108 valence electrons. The third kappa shape index (κ3) is 6.09.